The van der Waals surface area contributed by atoms with Gasteiger partial charge in [0.05, 0.1) is 19.4 Å². The number of nitrogens with two attached hydrogens (primary N) is 1. The average molecular weight is 346 g/mol. The van der Waals surface area contributed by atoms with Gasteiger partial charge in [-0.15, -0.1) is 0 Å². The standard InChI is InChI=1S/C17H22N4O4/c1-12(16(18)22)20(10-11-24-2)17(23)15-8-9-21(19-15)13-4-6-14(25-3)7-5-13/h4-9,12H,10-11H2,1-3H3,(H2,18,22)/t12-/m0/s1. The van der Waals surface area contributed by atoms with Gasteiger partial charge in [0.2, 0.25) is 5.91 Å². The second-order valence-corrected chi connectivity index (χ2v) is 5.41. The number of hydrogen-bond acceptors (Lipinski definition) is 5. The second kappa shape index (κ2) is 8.29. The van der Waals surface area contributed by atoms with Crippen LogP contribution in [0.1, 0.15) is 17.4 Å². The van der Waals surface area contributed by atoms with Crippen molar-refractivity contribution in [1.82, 2.24) is 14.7 Å². The Morgan fingerprint density at radius 1 is 1.24 bits per heavy atom. The number of amides is 2. The second-order valence-electron chi connectivity index (χ2n) is 5.41. The maximum Gasteiger partial charge on any atom is 0.275 e. The molecule has 0 aliphatic heterocycles. The summed E-state index contributed by atoms with van der Waals surface area (Å²) in [5.41, 5.74) is 6.34. The van der Waals surface area contributed by atoms with Crippen LogP contribution in [-0.2, 0) is 9.53 Å². The lowest BCUT2D eigenvalue weighted by atomic mass is 10.2. The molecule has 0 radical (unpaired) electrons. The number of carbonyl (C=O) groups is 2. The van der Waals surface area contributed by atoms with E-state index >= 15 is 0 Å². The van der Waals surface area contributed by atoms with Gasteiger partial charge in [-0.3, -0.25) is 9.59 Å². The van der Waals surface area contributed by atoms with Crippen LogP contribution in [0.5, 0.6) is 5.75 Å². The summed E-state index contributed by atoms with van der Waals surface area (Å²) in [6.45, 7) is 2.12. The van der Waals surface area contributed by atoms with Gasteiger partial charge in [-0.2, -0.15) is 5.10 Å². The SMILES string of the molecule is COCCN(C(=O)c1ccn(-c2ccc(OC)cc2)n1)[C@@H](C)C(N)=O. The molecule has 0 aliphatic rings. The van der Waals surface area contributed by atoms with Crippen LogP contribution in [0.15, 0.2) is 36.5 Å². The molecule has 0 unspecified atom stereocenters. The Labute approximate surface area is 146 Å². The number of ether oxygens (including phenoxy) is 2. The quantitative estimate of drug-likeness (QED) is 0.764. The molecule has 0 aliphatic carbocycles. The molecule has 0 spiro atoms. The van der Waals surface area contributed by atoms with E-state index in [1.54, 1.807) is 43.1 Å². The molecule has 2 rings (SSSR count). The fourth-order valence-electron chi connectivity index (χ4n) is 2.28. The number of nitrogens with zero attached hydrogens (tertiary/aromatic N) is 3. The minimum Gasteiger partial charge on any atom is -0.497 e. The van der Waals surface area contributed by atoms with Gasteiger partial charge in [-0.25, -0.2) is 4.68 Å². The highest BCUT2D eigenvalue weighted by molar-refractivity contribution is 5.95. The van der Waals surface area contributed by atoms with Crippen molar-refractivity contribution in [2.24, 2.45) is 5.73 Å². The Hall–Kier alpha value is -2.87. The first-order chi connectivity index (χ1) is 12.0. The van der Waals surface area contributed by atoms with E-state index in [1.165, 1.54) is 12.0 Å². The fraction of sp³-hybridized carbons (Fsp3) is 0.353. The maximum absolute atomic E-state index is 12.7. The summed E-state index contributed by atoms with van der Waals surface area (Å²) in [4.78, 5) is 25.5. The lowest BCUT2D eigenvalue weighted by Gasteiger charge is -2.26. The Bertz CT molecular complexity index is 727. The summed E-state index contributed by atoms with van der Waals surface area (Å²) < 4.78 is 11.7. The fourth-order valence-corrected chi connectivity index (χ4v) is 2.28. The van der Waals surface area contributed by atoms with Crippen LogP contribution in [0.2, 0.25) is 0 Å². The van der Waals surface area contributed by atoms with Gasteiger partial charge < -0.3 is 20.1 Å². The van der Waals surface area contributed by atoms with Gasteiger partial charge in [-0.1, -0.05) is 0 Å². The molecule has 0 bridgehead atoms. The highest BCUT2D eigenvalue weighted by Crippen LogP contribution is 2.15. The van der Waals surface area contributed by atoms with E-state index in [0.29, 0.717) is 6.61 Å². The molecule has 1 heterocycles. The summed E-state index contributed by atoms with van der Waals surface area (Å²) in [7, 11) is 3.12. The number of carbonyl (C=O) groups excluding carboxylic acids is 2. The molecule has 8 heteroatoms. The Kier molecular flexibility index (Phi) is 6.13. The van der Waals surface area contributed by atoms with Crippen molar-refractivity contribution in [3.8, 4) is 11.4 Å². The van der Waals surface area contributed by atoms with Crippen molar-refractivity contribution in [3.05, 3.63) is 42.2 Å². The lowest BCUT2D eigenvalue weighted by molar-refractivity contribution is -0.122. The third-order valence-electron chi connectivity index (χ3n) is 3.82. The molecular weight excluding hydrogens is 324 g/mol. The molecule has 1 atom stereocenters. The van der Waals surface area contributed by atoms with E-state index in [9.17, 15) is 9.59 Å². The molecule has 1 aromatic carbocycles. The van der Waals surface area contributed by atoms with Crippen LogP contribution in [0, 0.1) is 0 Å². The Balaban J connectivity index is 2.22. The zero-order valence-corrected chi connectivity index (χ0v) is 14.5. The van der Waals surface area contributed by atoms with Crippen molar-refractivity contribution in [1.29, 1.82) is 0 Å². The van der Waals surface area contributed by atoms with E-state index < -0.39 is 11.9 Å². The Morgan fingerprint density at radius 2 is 1.92 bits per heavy atom. The van der Waals surface area contributed by atoms with E-state index in [4.69, 9.17) is 15.2 Å². The number of hydrogen-bond donors (Lipinski definition) is 1. The summed E-state index contributed by atoms with van der Waals surface area (Å²) >= 11 is 0. The molecule has 0 saturated heterocycles. The predicted octanol–water partition coefficient (Wildman–Crippen LogP) is 0.843. The zero-order valence-electron chi connectivity index (χ0n) is 14.5. The first kappa shape index (κ1) is 18.5. The van der Waals surface area contributed by atoms with Crippen LogP contribution in [0.4, 0.5) is 0 Å². The summed E-state index contributed by atoms with van der Waals surface area (Å²) in [5, 5.41) is 4.30. The van der Waals surface area contributed by atoms with Crippen molar-refractivity contribution in [3.63, 3.8) is 0 Å². The molecule has 2 amide bonds. The highest BCUT2D eigenvalue weighted by atomic mass is 16.5. The van der Waals surface area contributed by atoms with E-state index in [-0.39, 0.29) is 18.1 Å². The monoisotopic (exact) mass is 346 g/mol. The van der Waals surface area contributed by atoms with Crippen LogP contribution in [-0.4, -0.2) is 59.9 Å². The molecular formula is C17H22N4O4. The molecule has 134 valence electrons. The number of primary amides is 1. The minimum atomic E-state index is -0.756. The molecule has 0 saturated carbocycles. The first-order valence-corrected chi connectivity index (χ1v) is 7.77. The highest BCUT2D eigenvalue weighted by Gasteiger charge is 2.26. The minimum absolute atomic E-state index is 0.222. The van der Waals surface area contributed by atoms with Crippen LogP contribution >= 0.6 is 0 Å². The summed E-state index contributed by atoms with van der Waals surface area (Å²) in [5.74, 6) is -0.233. The van der Waals surface area contributed by atoms with E-state index in [0.717, 1.165) is 11.4 Å². The van der Waals surface area contributed by atoms with Gasteiger partial charge in [0.25, 0.3) is 5.91 Å². The largest absolute Gasteiger partial charge is 0.497 e. The zero-order chi connectivity index (χ0) is 18.4. The average Bonchev–Trinajstić information content (AvgIpc) is 3.11. The number of rotatable bonds is 8. The maximum atomic E-state index is 12.7. The van der Waals surface area contributed by atoms with Gasteiger partial charge in [0.1, 0.15) is 11.8 Å². The normalized spacial score (nSPS) is 11.8. The lowest BCUT2D eigenvalue weighted by Crippen LogP contribution is -2.47. The summed E-state index contributed by atoms with van der Waals surface area (Å²) in [6.07, 6.45) is 1.68. The molecule has 8 nitrogen and oxygen atoms in total. The van der Waals surface area contributed by atoms with E-state index in [1.807, 2.05) is 12.1 Å². The summed E-state index contributed by atoms with van der Waals surface area (Å²) in [6, 6.07) is 8.11. The first-order valence-electron chi connectivity index (χ1n) is 7.77. The van der Waals surface area contributed by atoms with E-state index in [2.05, 4.69) is 5.10 Å². The van der Waals surface area contributed by atoms with Gasteiger partial charge >= 0.3 is 0 Å². The van der Waals surface area contributed by atoms with Crippen LogP contribution < -0.4 is 10.5 Å². The molecule has 2 aromatic rings. The van der Waals surface area contributed by atoms with Gasteiger partial charge in [0.15, 0.2) is 5.69 Å². The number of methoxy groups -OCH3 is 2. The molecule has 0 fully saturated rings. The Morgan fingerprint density at radius 3 is 2.48 bits per heavy atom. The van der Waals surface area contributed by atoms with Crippen LogP contribution in [0.25, 0.3) is 5.69 Å². The van der Waals surface area contributed by atoms with Crippen molar-refractivity contribution in [2.75, 3.05) is 27.4 Å². The van der Waals surface area contributed by atoms with Gasteiger partial charge in [0, 0.05) is 19.9 Å². The van der Waals surface area contributed by atoms with Crippen molar-refractivity contribution in [2.45, 2.75) is 13.0 Å². The third-order valence-corrected chi connectivity index (χ3v) is 3.82. The molecule has 2 N–H and O–H groups in total. The third kappa shape index (κ3) is 4.36. The molecule has 1 aromatic heterocycles. The smallest absolute Gasteiger partial charge is 0.275 e. The number of aromatic nitrogens is 2. The van der Waals surface area contributed by atoms with Gasteiger partial charge in [-0.05, 0) is 37.3 Å². The van der Waals surface area contributed by atoms with Crippen molar-refractivity contribution < 1.29 is 19.1 Å². The topological polar surface area (TPSA) is 99.7 Å². The van der Waals surface area contributed by atoms with Crippen LogP contribution in [0.3, 0.4) is 0 Å². The predicted molar refractivity (Wildman–Crippen MR) is 91.7 cm³/mol. The molecule has 25 heavy (non-hydrogen) atoms. The number of benzene rings is 1. The van der Waals surface area contributed by atoms with Crippen molar-refractivity contribution >= 4 is 11.8 Å².